The van der Waals surface area contributed by atoms with Gasteiger partial charge >= 0.3 is 0 Å². The third-order valence-electron chi connectivity index (χ3n) is 4.60. The summed E-state index contributed by atoms with van der Waals surface area (Å²) in [6.07, 6.45) is 3.50. The molecule has 1 aliphatic rings. The van der Waals surface area contributed by atoms with E-state index in [1.54, 1.807) is 30.2 Å². The van der Waals surface area contributed by atoms with E-state index < -0.39 is 0 Å². The number of rotatable bonds is 5. The van der Waals surface area contributed by atoms with E-state index in [4.69, 9.17) is 10.5 Å². The number of nitrogens with two attached hydrogens (primary N) is 1. The van der Waals surface area contributed by atoms with Crippen molar-refractivity contribution in [2.75, 3.05) is 40.5 Å². The molecule has 1 fully saturated rings. The van der Waals surface area contributed by atoms with E-state index in [0.29, 0.717) is 17.0 Å². The van der Waals surface area contributed by atoms with E-state index in [1.165, 1.54) is 6.42 Å². The van der Waals surface area contributed by atoms with Crippen LogP contribution in [0, 0.1) is 0 Å². The molecule has 0 heterocycles. The molecule has 1 aromatic rings. The van der Waals surface area contributed by atoms with Crippen LogP contribution in [0.15, 0.2) is 18.2 Å². The van der Waals surface area contributed by atoms with Gasteiger partial charge in [0.2, 0.25) is 0 Å². The number of anilines is 1. The molecule has 1 saturated carbocycles. The SMILES string of the molecule is COc1ccc(C(=O)N(C)CC2(N(C)C)CCC2)c(N)c1. The number of hydrogen-bond acceptors (Lipinski definition) is 4. The summed E-state index contributed by atoms with van der Waals surface area (Å²) in [7, 11) is 7.59. The summed E-state index contributed by atoms with van der Waals surface area (Å²) in [4.78, 5) is 16.6. The smallest absolute Gasteiger partial charge is 0.255 e. The molecule has 2 N–H and O–H groups in total. The van der Waals surface area contributed by atoms with E-state index in [1.807, 2.05) is 7.05 Å². The lowest BCUT2D eigenvalue weighted by Gasteiger charge is -2.49. The van der Waals surface area contributed by atoms with Crippen molar-refractivity contribution in [2.45, 2.75) is 24.8 Å². The quantitative estimate of drug-likeness (QED) is 0.841. The Labute approximate surface area is 126 Å². The highest BCUT2D eigenvalue weighted by Gasteiger charge is 2.40. The molecule has 0 aliphatic heterocycles. The molecular weight excluding hydrogens is 266 g/mol. The number of methoxy groups -OCH3 is 1. The van der Waals surface area contributed by atoms with Crippen LogP contribution in [-0.2, 0) is 0 Å². The molecule has 0 aromatic heterocycles. The number of benzene rings is 1. The van der Waals surface area contributed by atoms with Crippen LogP contribution < -0.4 is 10.5 Å². The van der Waals surface area contributed by atoms with Crippen molar-refractivity contribution in [2.24, 2.45) is 0 Å². The first-order valence-corrected chi connectivity index (χ1v) is 7.26. The minimum absolute atomic E-state index is 0.0386. The van der Waals surface area contributed by atoms with E-state index in [2.05, 4.69) is 19.0 Å². The molecular formula is C16H25N3O2. The van der Waals surface area contributed by atoms with Gasteiger partial charge < -0.3 is 20.3 Å². The third kappa shape index (κ3) is 2.97. The summed E-state index contributed by atoms with van der Waals surface area (Å²) in [6.45, 7) is 0.726. The minimum Gasteiger partial charge on any atom is -0.497 e. The lowest BCUT2D eigenvalue weighted by Crippen LogP contribution is -2.57. The summed E-state index contributed by atoms with van der Waals surface area (Å²) in [5.41, 5.74) is 7.08. The van der Waals surface area contributed by atoms with E-state index in [9.17, 15) is 4.79 Å². The number of ether oxygens (including phenoxy) is 1. The normalized spacial score (nSPS) is 16.4. The monoisotopic (exact) mass is 291 g/mol. The maximum Gasteiger partial charge on any atom is 0.255 e. The third-order valence-corrected chi connectivity index (χ3v) is 4.60. The fourth-order valence-corrected chi connectivity index (χ4v) is 2.91. The first kappa shape index (κ1) is 15.6. The molecule has 0 bridgehead atoms. The van der Waals surface area contributed by atoms with Gasteiger partial charge in [-0.05, 0) is 45.5 Å². The zero-order chi connectivity index (χ0) is 15.6. The Balaban J connectivity index is 2.12. The van der Waals surface area contributed by atoms with Crippen LogP contribution in [-0.4, -0.2) is 56.0 Å². The maximum atomic E-state index is 12.6. The van der Waals surface area contributed by atoms with E-state index in [-0.39, 0.29) is 11.4 Å². The van der Waals surface area contributed by atoms with Crippen LogP contribution >= 0.6 is 0 Å². The van der Waals surface area contributed by atoms with Crippen LogP contribution in [0.4, 0.5) is 5.69 Å². The molecule has 1 aromatic carbocycles. The number of amides is 1. The van der Waals surface area contributed by atoms with Crippen LogP contribution in [0.5, 0.6) is 5.75 Å². The molecule has 2 rings (SSSR count). The first-order valence-electron chi connectivity index (χ1n) is 7.26. The summed E-state index contributed by atoms with van der Waals surface area (Å²) in [5.74, 6) is 0.624. The van der Waals surface area contributed by atoms with Gasteiger partial charge in [-0.3, -0.25) is 4.79 Å². The largest absolute Gasteiger partial charge is 0.497 e. The molecule has 21 heavy (non-hydrogen) atoms. The molecule has 0 unspecified atom stereocenters. The second-order valence-electron chi connectivity index (χ2n) is 6.09. The van der Waals surface area contributed by atoms with Crippen molar-refractivity contribution in [3.63, 3.8) is 0 Å². The number of nitrogens with zero attached hydrogens (tertiary/aromatic N) is 2. The molecule has 0 spiro atoms. The van der Waals surface area contributed by atoms with Gasteiger partial charge in [-0.15, -0.1) is 0 Å². The predicted molar refractivity (Wildman–Crippen MR) is 84.6 cm³/mol. The summed E-state index contributed by atoms with van der Waals surface area (Å²) in [5, 5.41) is 0. The Morgan fingerprint density at radius 1 is 1.33 bits per heavy atom. The van der Waals surface area contributed by atoms with Gasteiger partial charge in [0.15, 0.2) is 0 Å². The fourth-order valence-electron chi connectivity index (χ4n) is 2.91. The predicted octanol–water partition coefficient (Wildman–Crippen LogP) is 1.83. The number of carbonyl (C=O) groups is 1. The van der Waals surface area contributed by atoms with Crippen LogP contribution in [0.25, 0.3) is 0 Å². The standard InChI is InChI=1S/C16H25N3O2/c1-18(2)16(8-5-9-16)11-19(3)15(20)13-7-6-12(21-4)10-14(13)17/h6-7,10H,5,8-9,11,17H2,1-4H3. The van der Waals surface area contributed by atoms with Crippen molar-refractivity contribution in [1.29, 1.82) is 0 Å². The van der Waals surface area contributed by atoms with Gasteiger partial charge in [-0.2, -0.15) is 0 Å². The lowest BCUT2D eigenvalue weighted by atomic mass is 9.75. The Bertz CT molecular complexity index is 524. The molecule has 116 valence electrons. The van der Waals surface area contributed by atoms with Crippen LogP contribution in [0.1, 0.15) is 29.6 Å². The Hall–Kier alpha value is -1.75. The molecule has 0 radical (unpaired) electrons. The number of hydrogen-bond donors (Lipinski definition) is 1. The Morgan fingerprint density at radius 3 is 2.43 bits per heavy atom. The summed E-state index contributed by atoms with van der Waals surface area (Å²) >= 11 is 0. The van der Waals surface area contributed by atoms with Crippen molar-refractivity contribution in [3.8, 4) is 5.75 Å². The van der Waals surface area contributed by atoms with Crippen LogP contribution in [0.2, 0.25) is 0 Å². The average molecular weight is 291 g/mol. The van der Waals surface area contributed by atoms with Gasteiger partial charge in [-0.1, -0.05) is 0 Å². The second kappa shape index (κ2) is 5.93. The molecule has 5 nitrogen and oxygen atoms in total. The number of nitrogen functional groups attached to an aromatic ring is 1. The number of carbonyl (C=O) groups excluding carboxylic acids is 1. The van der Waals surface area contributed by atoms with Crippen molar-refractivity contribution < 1.29 is 9.53 Å². The van der Waals surface area contributed by atoms with Gasteiger partial charge in [0, 0.05) is 30.9 Å². The molecule has 1 aliphatic carbocycles. The maximum absolute atomic E-state index is 12.6. The highest BCUT2D eigenvalue weighted by atomic mass is 16.5. The average Bonchev–Trinajstić information content (AvgIpc) is 2.41. The van der Waals surface area contributed by atoms with Gasteiger partial charge in [0.25, 0.3) is 5.91 Å². The highest BCUT2D eigenvalue weighted by molar-refractivity contribution is 5.99. The van der Waals surface area contributed by atoms with Gasteiger partial charge in [-0.25, -0.2) is 0 Å². The molecule has 1 amide bonds. The van der Waals surface area contributed by atoms with E-state index in [0.717, 1.165) is 19.4 Å². The van der Waals surface area contributed by atoms with Gasteiger partial charge in [0.1, 0.15) is 5.75 Å². The van der Waals surface area contributed by atoms with Crippen LogP contribution in [0.3, 0.4) is 0 Å². The zero-order valence-corrected chi connectivity index (χ0v) is 13.3. The van der Waals surface area contributed by atoms with Crippen molar-refractivity contribution >= 4 is 11.6 Å². The lowest BCUT2D eigenvalue weighted by molar-refractivity contribution is 0.0253. The summed E-state index contributed by atoms with van der Waals surface area (Å²) < 4.78 is 5.12. The molecule has 5 heteroatoms. The first-order chi connectivity index (χ1) is 9.89. The Kier molecular flexibility index (Phi) is 4.42. The Morgan fingerprint density at radius 2 is 2.00 bits per heavy atom. The second-order valence-corrected chi connectivity index (χ2v) is 6.09. The number of likely N-dealkylation sites (N-methyl/N-ethyl adjacent to an activating group) is 2. The highest BCUT2D eigenvalue weighted by Crippen LogP contribution is 2.37. The van der Waals surface area contributed by atoms with E-state index >= 15 is 0 Å². The summed E-state index contributed by atoms with van der Waals surface area (Å²) in [6, 6.07) is 5.19. The fraction of sp³-hybridized carbons (Fsp3) is 0.562. The topological polar surface area (TPSA) is 58.8 Å². The van der Waals surface area contributed by atoms with Gasteiger partial charge in [0.05, 0.1) is 12.7 Å². The van der Waals surface area contributed by atoms with Crippen molar-refractivity contribution in [1.82, 2.24) is 9.80 Å². The minimum atomic E-state index is -0.0386. The molecule has 0 saturated heterocycles. The van der Waals surface area contributed by atoms with Crippen molar-refractivity contribution in [3.05, 3.63) is 23.8 Å². The molecule has 0 atom stereocenters. The zero-order valence-electron chi connectivity index (χ0n) is 13.3.